The topological polar surface area (TPSA) is 104 Å². The summed E-state index contributed by atoms with van der Waals surface area (Å²) < 4.78 is 54.2. The number of hydrogen-bond acceptors (Lipinski definition) is 5. The normalized spacial score (nSPS) is 18.7. The van der Waals surface area contributed by atoms with Gasteiger partial charge in [0.25, 0.3) is 0 Å². The van der Waals surface area contributed by atoms with Gasteiger partial charge < -0.3 is 5.32 Å². The molecule has 0 bridgehead atoms. The molecule has 12 heteroatoms. The molecule has 0 unspecified atom stereocenters. The Labute approximate surface area is 222 Å². The highest BCUT2D eigenvalue weighted by molar-refractivity contribution is 7.89. The number of amides is 1. The van der Waals surface area contributed by atoms with Crippen molar-refractivity contribution in [2.75, 3.05) is 31.5 Å². The monoisotopic (exact) mass is 573 g/mol. The molecular formula is C24H29Cl2N3O5S2. The van der Waals surface area contributed by atoms with E-state index in [1.165, 1.54) is 26.8 Å². The van der Waals surface area contributed by atoms with Gasteiger partial charge in [0.1, 0.15) is 0 Å². The molecule has 0 aliphatic carbocycles. The van der Waals surface area contributed by atoms with E-state index in [0.29, 0.717) is 47.2 Å². The number of rotatable bonds is 7. The molecular weight excluding hydrogens is 545 g/mol. The fourth-order valence-corrected chi connectivity index (χ4v) is 8.20. The quantitative estimate of drug-likeness (QED) is 0.530. The van der Waals surface area contributed by atoms with E-state index >= 15 is 0 Å². The number of benzene rings is 2. The van der Waals surface area contributed by atoms with Crippen LogP contribution in [0.3, 0.4) is 0 Å². The lowest BCUT2D eigenvalue weighted by molar-refractivity contribution is -0.120. The van der Waals surface area contributed by atoms with Gasteiger partial charge in [-0.3, -0.25) is 4.79 Å². The van der Waals surface area contributed by atoms with E-state index in [4.69, 9.17) is 23.2 Å². The number of carbonyl (C=O) groups excluding carboxylic acids is 1. The first-order chi connectivity index (χ1) is 17.1. The Kier molecular flexibility index (Phi) is 8.63. The minimum Gasteiger partial charge on any atom is -0.326 e. The number of halogens is 2. The summed E-state index contributed by atoms with van der Waals surface area (Å²) in [6.07, 6.45) is 3.55. The maximum absolute atomic E-state index is 12.9. The van der Waals surface area contributed by atoms with E-state index in [-0.39, 0.29) is 35.6 Å². The highest BCUT2D eigenvalue weighted by Gasteiger charge is 2.32. The molecule has 0 spiro atoms. The van der Waals surface area contributed by atoms with E-state index in [0.717, 1.165) is 19.3 Å². The molecule has 2 aromatic carbocycles. The second-order valence-electron chi connectivity index (χ2n) is 9.14. The maximum Gasteiger partial charge on any atom is 0.243 e. The van der Waals surface area contributed by atoms with Gasteiger partial charge in [-0.15, -0.1) is 0 Å². The van der Waals surface area contributed by atoms with Gasteiger partial charge in [-0.05, 0) is 67.6 Å². The van der Waals surface area contributed by atoms with Crippen LogP contribution in [0.2, 0.25) is 10.0 Å². The Balaban J connectivity index is 1.31. The predicted molar refractivity (Wildman–Crippen MR) is 141 cm³/mol. The molecule has 196 valence electrons. The molecule has 1 N–H and O–H groups in total. The molecule has 2 saturated heterocycles. The van der Waals surface area contributed by atoms with Crippen LogP contribution in [0.5, 0.6) is 0 Å². The first kappa shape index (κ1) is 27.3. The summed E-state index contributed by atoms with van der Waals surface area (Å²) in [5, 5.41) is 3.57. The van der Waals surface area contributed by atoms with Crippen LogP contribution < -0.4 is 5.32 Å². The molecule has 2 heterocycles. The standard InChI is InChI=1S/C24H29Cl2N3O5S2/c25-20-5-4-19(23(26)16-20)17-35(31,32)28-14-10-18(11-15-28)24(30)27-21-6-8-22(9-7-21)36(33,34)29-12-2-1-3-13-29/h4-9,16,18H,1-3,10-15,17H2,(H,27,30). The first-order valence-corrected chi connectivity index (χ1v) is 15.7. The van der Waals surface area contributed by atoms with Gasteiger partial charge >= 0.3 is 0 Å². The summed E-state index contributed by atoms with van der Waals surface area (Å²) in [5.74, 6) is -0.779. The lowest BCUT2D eigenvalue weighted by Crippen LogP contribution is -2.41. The Morgan fingerprint density at radius 1 is 0.861 bits per heavy atom. The fraction of sp³-hybridized carbons (Fsp3) is 0.458. The molecule has 36 heavy (non-hydrogen) atoms. The molecule has 2 fully saturated rings. The number of piperidine rings is 2. The van der Waals surface area contributed by atoms with Crippen LogP contribution >= 0.6 is 23.2 Å². The van der Waals surface area contributed by atoms with E-state index < -0.39 is 20.0 Å². The van der Waals surface area contributed by atoms with Crippen molar-refractivity contribution < 1.29 is 21.6 Å². The molecule has 0 atom stereocenters. The maximum atomic E-state index is 12.9. The van der Waals surface area contributed by atoms with Gasteiger partial charge in [0.05, 0.1) is 10.6 Å². The minimum atomic E-state index is -3.59. The number of anilines is 1. The van der Waals surface area contributed by atoms with E-state index in [1.807, 2.05) is 0 Å². The van der Waals surface area contributed by atoms with Crippen LogP contribution in [0.1, 0.15) is 37.7 Å². The SMILES string of the molecule is O=C(Nc1ccc(S(=O)(=O)N2CCCCC2)cc1)C1CCN(S(=O)(=O)Cc2ccc(Cl)cc2Cl)CC1. The van der Waals surface area contributed by atoms with E-state index in [2.05, 4.69) is 5.32 Å². The van der Waals surface area contributed by atoms with Crippen molar-refractivity contribution >= 4 is 54.8 Å². The lowest BCUT2D eigenvalue weighted by atomic mass is 9.97. The zero-order chi connectivity index (χ0) is 25.9. The molecule has 8 nitrogen and oxygen atoms in total. The molecule has 2 aliphatic heterocycles. The van der Waals surface area contributed by atoms with Crippen LogP contribution in [-0.2, 0) is 30.6 Å². The Hall–Kier alpha value is -1.69. The number of nitrogens with zero attached hydrogens (tertiary/aromatic N) is 2. The molecule has 1 amide bonds. The van der Waals surface area contributed by atoms with Crippen LogP contribution in [-0.4, -0.2) is 57.5 Å². The number of hydrogen-bond donors (Lipinski definition) is 1. The third-order valence-electron chi connectivity index (χ3n) is 6.65. The molecule has 0 saturated carbocycles. The average molecular weight is 575 g/mol. The Morgan fingerprint density at radius 2 is 1.50 bits per heavy atom. The Morgan fingerprint density at radius 3 is 2.11 bits per heavy atom. The highest BCUT2D eigenvalue weighted by atomic mass is 35.5. The van der Waals surface area contributed by atoms with Gasteiger partial charge in [-0.2, -0.15) is 4.31 Å². The summed E-state index contributed by atoms with van der Waals surface area (Å²) in [4.78, 5) is 13.0. The smallest absolute Gasteiger partial charge is 0.243 e. The summed E-state index contributed by atoms with van der Waals surface area (Å²) in [5.41, 5.74) is 0.983. The minimum absolute atomic E-state index is 0.209. The van der Waals surface area contributed by atoms with Gasteiger partial charge in [0.2, 0.25) is 26.0 Å². The second-order valence-corrected chi connectivity index (χ2v) is 13.9. The van der Waals surface area contributed by atoms with E-state index in [1.54, 1.807) is 24.3 Å². The van der Waals surface area contributed by atoms with E-state index in [9.17, 15) is 21.6 Å². The molecule has 0 radical (unpaired) electrons. The van der Waals surface area contributed by atoms with Crippen molar-refractivity contribution in [2.45, 2.75) is 42.8 Å². The van der Waals surface area contributed by atoms with Gasteiger partial charge in [-0.1, -0.05) is 35.7 Å². The van der Waals surface area contributed by atoms with Crippen LogP contribution in [0.15, 0.2) is 47.4 Å². The van der Waals surface area contributed by atoms with Crippen LogP contribution in [0, 0.1) is 5.92 Å². The third kappa shape index (κ3) is 6.41. The van der Waals surface area contributed by atoms with Crippen molar-refractivity contribution in [1.29, 1.82) is 0 Å². The summed E-state index contributed by atoms with van der Waals surface area (Å²) in [6.45, 7) is 1.53. The molecule has 2 aliphatic rings. The Bertz CT molecular complexity index is 1300. The fourth-order valence-electron chi connectivity index (χ4n) is 4.53. The van der Waals surface area contributed by atoms with Crippen molar-refractivity contribution in [1.82, 2.24) is 8.61 Å². The summed E-state index contributed by atoms with van der Waals surface area (Å²) in [7, 11) is -7.13. The van der Waals surface area contributed by atoms with Crippen LogP contribution in [0.25, 0.3) is 0 Å². The first-order valence-electron chi connectivity index (χ1n) is 11.9. The number of sulfonamides is 2. The zero-order valence-electron chi connectivity index (χ0n) is 19.7. The van der Waals surface area contributed by atoms with Crippen molar-refractivity contribution in [3.8, 4) is 0 Å². The van der Waals surface area contributed by atoms with Crippen LogP contribution in [0.4, 0.5) is 5.69 Å². The summed E-state index contributed by atoms with van der Waals surface area (Å²) in [6, 6.07) is 10.9. The predicted octanol–water partition coefficient (Wildman–Crippen LogP) is 4.35. The largest absolute Gasteiger partial charge is 0.326 e. The lowest BCUT2D eigenvalue weighted by Gasteiger charge is -2.30. The highest BCUT2D eigenvalue weighted by Crippen LogP contribution is 2.27. The number of nitrogens with one attached hydrogen (secondary N) is 1. The van der Waals surface area contributed by atoms with Crippen molar-refractivity contribution in [2.24, 2.45) is 5.92 Å². The second kappa shape index (κ2) is 11.4. The average Bonchev–Trinajstić information content (AvgIpc) is 2.86. The summed E-state index contributed by atoms with van der Waals surface area (Å²) >= 11 is 12.0. The molecule has 4 rings (SSSR count). The molecule has 2 aromatic rings. The van der Waals surface area contributed by atoms with Gasteiger partial charge in [0.15, 0.2) is 0 Å². The third-order valence-corrected chi connectivity index (χ3v) is 11.0. The van der Waals surface area contributed by atoms with Crippen molar-refractivity contribution in [3.05, 3.63) is 58.1 Å². The molecule has 0 aromatic heterocycles. The van der Waals surface area contributed by atoms with Crippen molar-refractivity contribution in [3.63, 3.8) is 0 Å². The van der Waals surface area contributed by atoms with Gasteiger partial charge in [-0.25, -0.2) is 21.1 Å². The number of carbonyl (C=O) groups is 1. The zero-order valence-corrected chi connectivity index (χ0v) is 22.8. The van der Waals surface area contributed by atoms with Gasteiger partial charge in [0, 0.05) is 47.8 Å².